The van der Waals surface area contributed by atoms with Crippen LogP contribution in [-0.4, -0.2) is 33.8 Å². The highest BCUT2D eigenvalue weighted by Crippen LogP contribution is 2.25. The first-order chi connectivity index (χ1) is 11.2. The predicted molar refractivity (Wildman–Crippen MR) is 90.2 cm³/mol. The first-order valence-corrected chi connectivity index (χ1v) is 8.15. The van der Waals surface area contributed by atoms with Crippen LogP contribution < -0.4 is 4.90 Å². The first kappa shape index (κ1) is 17.9. The number of benzene rings is 1. The third kappa shape index (κ3) is 4.31. The van der Waals surface area contributed by atoms with E-state index in [0.29, 0.717) is 16.8 Å². The van der Waals surface area contributed by atoms with Crippen LogP contribution in [0.2, 0.25) is 0 Å². The fourth-order valence-corrected chi connectivity index (χ4v) is 2.41. The van der Waals surface area contributed by atoms with Gasteiger partial charge in [0.1, 0.15) is 0 Å². The Labute approximate surface area is 143 Å². The summed E-state index contributed by atoms with van der Waals surface area (Å²) in [6.07, 6.45) is 0. The lowest BCUT2D eigenvalue weighted by Gasteiger charge is -2.16. The molecule has 8 nitrogen and oxygen atoms in total. The van der Waals surface area contributed by atoms with E-state index >= 15 is 0 Å². The molecular weight excluding hydrogens is 332 g/mol. The minimum atomic E-state index is -0.482. The van der Waals surface area contributed by atoms with Crippen molar-refractivity contribution in [2.45, 2.75) is 31.4 Å². The van der Waals surface area contributed by atoms with Gasteiger partial charge >= 0.3 is 0 Å². The molecule has 9 heteroatoms. The molecule has 2 rings (SSSR count). The molecule has 0 unspecified atom stereocenters. The number of nitro groups is 1. The largest absolute Gasteiger partial charge is 0.415 e. The zero-order chi connectivity index (χ0) is 17.9. The quantitative estimate of drug-likeness (QED) is 0.464. The Balaban J connectivity index is 1.96. The van der Waals surface area contributed by atoms with Crippen LogP contribution in [0.3, 0.4) is 0 Å². The van der Waals surface area contributed by atoms with E-state index in [1.807, 2.05) is 20.8 Å². The molecule has 24 heavy (non-hydrogen) atoms. The predicted octanol–water partition coefficient (Wildman–Crippen LogP) is 3.03. The highest BCUT2D eigenvalue weighted by Gasteiger charge is 2.22. The molecule has 0 spiro atoms. The maximum absolute atomic E-state index is 12.2. The summed E-state index contributed by atoms with van der Waals surface area (Å²) in [6.45, 7) is 5.88. The molecule has 0 saturated carbocycles. The van der Waals surface area contributed by atoms with Gasteiger partial charge in [-0.3, -0.25) is 14.9 Å². The van der Waals surface area contributed by atoms with Crippen LogP contribution in [-0.2, 0) is 10.2 Å². The molecule has 1 aromatic heterocycles. The van der Waals surface area contributed by atoms with Gasteiger partial charge in [-0.2, -0.15) is 0 Å². The number of non-ortho nitro benzene ring substituents is 1. The molecule has 128 valence electrons. The molecule has 0 radical (unpaired) electrons. The Hall–Kier alpha value is -2.42. The molecule has 0 aliphatic heterocycles. The van der Waals surface area contributed by atoms with Crippen LogP contribution >= 0.6 is 11.8 Å². The summed E-state index contributed by atoms with van der Waals surface area (Å²) in [7, 11) is 1.61. The Morgan fingerprint density at radius 1 is 1.29 bits per heavy atom. The third-order valence-electron chi connectivity index (χ3n) is 3.19. The van der Waals surface area contributed by atoms with E-state index in [-0.39, 0.29) is 22.8 Å². The van der Waals surface area contributed by atoms with E-state index in [4.69, 9.17) is 4.42 Å². The standard InChI is InChI=1S/C15H18N4O4S/c1-15(2,3)13-16-17-14(23-13)24-9-12(20)18(4)10-5-7-11(8-6-10)19(21)22/h5-8H,9H2,1-4H3. The molecule has 1 amide bonds. The molecule has 1 aromatic carbocycles. The van der Waals surface area contributed by atoms with Crippen molar-refractivity contribution in [3.63, 3.8) is 0 Å². The minimum absolute atomic E-state index is 0.0189. The average molecular weight is 350 g/mol. The van der Waals surface area contributed by atoms with Gasteiger partial charge < -0.3 is 9.32 Å². The summed E-state index contributed by atoms with van der Waals surface area (Å²) in [5, 5.41) is 18.9. The normalized spacial score (nSPS) is 11.3. The zero-order valence-corrected chi connectivity index (χ0v) is 14.7. The van der Waals surface area contributed by atoms with Crippen LogP contribution in [0.1, 0.15) is 26.7 Å². The van der Waals surface area contributed by atoms with Gasteiger partial charge in [0, 0.05) is 30.3 Å². The number of amides is 1. The van der Waals surface area contributed by atoms with Crippen LogP contribution in [0, 0.1) is 10.1 Å². The second-order valence-corrected chi connectivity index (χ2v) is 7.06. The lowest BCUT2D eigenvalue weighted by atomic mass is 9.97. The molecule has 0 bridgehead atoms. The van der Waals surface area contributed by atoms with Crippen molar-refractivity contribution in [1.82, 2.24) is 10.2 Å². The topological polar surface area (TPSA) is 102 Å². The molecule has 1 heterocycles. The number of carbonyl (C=O) groups is 1. The Bertz CT molecular complexity index is 737. The SMILES string of the molecule is CN(C(=O)CSc1nnc(C(C)(C)C)o1)c1ccc([N+](=O)[O-])cc1. The molecule has 0 N–H and O–H groups in total. The smallest absolute Gasteiger partial charge is 0.277 e. The van der Waals surface area contributed by atoms with Crippen LogP contribution in [0.5, 0.6) is 0 Å². The summed E-state index contributed by atoms with van der Waals surface area (Å²) in [5.74, 6) is 0.463. The molecule has 0 saturated heterocycles. The summed E-state index contributed by atoms with van der Waals surface area (Å²) in [4.78, 5) is 23.8. The molecule has 2 aromatic rings. The first-order valence-electron chi connectivity index (χ1n) is 7.16. The van der Waals surface area contributed by atoms with E-state index < -0.39 is 4.92 Å². The Kier molecular flexibility index (Phi) is 5.23. The minimum Gasteiger partial charge on any atom is -0.415 e. The molecule has 0 aliphatic rings. The van der Waals surface area contributed by atoms with E-state index in [1.54, 1.807) is 7.05 Å². The maximum atomic E-state index is 12.2. The van der Waals surface area contributed by atoms with Crippen LogP contribution in [0.15, 0.2) is 33.9 Å². The summed E-state index contributed by atoms with van der Waals surface area (Å²) in [6, 6.07) is 5.79. The van der Waals surface area contributed by atoms with Gasteiger partial charge in [0.05, 0.1) is 10.7 Å². The van der Waals surface area contributed by atoms with E-state index in [2.05, 4.69) is 10.2 Å². The van der Waals surface area contributed by atoms with Crippen LogP contribution in [0.4, 0.5) is 11.4 Å². The number of hydrogen-bond donors (Lipinski definition) is 0. The summed E-state index contributed by atoms with van der Waals surface area (Å²) < 4.78 is 5.52. The molecule has 0 aliphatic carbocycles. The number of nitro benzene ring substituents is 1. The van der Waals surface area contributed by atoms with Gasteiger partial charge in [-0.05, 0) is 12.1 Å². The van der Waals surface area contributed by atoms with Crippen molar-refractivity contribution in [2.75, 3.05) is 17.7 Å². The number of thioether (sulfide) groups is 1. The van der Waals surface area contributed by atoms with E-state index in [0.717, 1.165) is 11.8 Å². The number of rotatable bonds is 5. The molecule has 0 fully saturated rings. The highest BCUT2D eigenvalue weighted by molar-refractivity contribution is 7.99. The number of anilines is 1. The molecule has 0 atom stereocenters. The van der Waals surface area contributed by atoms with Crippen molar-refractivity contribution >= 4 is 29.0 Å². The Morgan fingerprint density at radius 2 is 1.92 bits per heavy atom. The van der Waals surface area contributed by atoms with Gasteiger partial charge in [-0.15, -0.1) is 10.2 Å². The van der Waals surface area contributed by atoms with Crippen molar-refractivity contribution in [2.24, 2.45) is 0 Å². The lowest BCUT2D eigenvalue weighted by molar-refractivity contribution is -0.384. The summed E-state index contributed by atoms with van der Waals surface area (Å²) in [5.41, 5.74) is 0.312. The number of carbonyl (C=O) groups excluding carboxylic acids is 1. The van der Waals surface area contributed by atoms with Crippen LogP contribution in [0.25, 0.3) is 0 Å². The van der Waals surface area contributed by atoms with Gasteiger partial charge in [-0.1, -0.05) is 32.5 Å². The highest BCUT2D eigenvalue weighted by atomic mass is 32.2. The monoisotopic (exact) mass is 350 g/mol. The number of nitrogens with zero attached hydrogens (tertiary/aromatic N) is 4. The van der Waals surface area contributed by atoms with Gasteiger partial charge in [0.25, 0.3) is 10.9 Å². The lowest BCUT2D eigenvalue weighted by Crippen LogP contribution is -2.27. The number of aromatic nitrogens is 2. The summed E-state index contributed by atoms with van der Waals surface area (Å²) >= 11 is 1.16. The van der Waals surface area contributed by atoms with Gasteiger partial charge in [-0.25, -0.2) is 0 Å². The van der Waals surface area contributed by atoms with E-state index in [1.165, 1.54) is 29.2 Å². The van der Waals surface area contributed by atoms with Gasteiger partial charge in [0.2, 0.25) is 11.8 Å². The number of hydrogen-bond acceptors (Lipinski definition) is 7. The maximum Gasteiger partial charge on any atom is 0.277 e. The van der Waals surface area contributed by atoms with Gasteiger partial charge in [0.15, 0.2) is 0 Å². The third-order valence-corrected chi connectivity index (χ3v) is 3.99. The van der Waals surface area contributed by atoms with E-state index in [9.17, 15) is 14.9 Å². The fourth-order valence-electron chi connectivity index (χ4n) is 1.73. The van der Waals surface area contributed by atoms with Crippen molar-refractivity contribution in [3.05, 3.63) is 40.3 Å². The van der Waals surface area contributed by atoms with Crippen molar-refractivity contribution < 1.29 is 14.1 Å². The van der Waals surface area contributed by atoms with Crippen molar-refractivity contribution in [1.29, 1.82) is 0 Å². The fraction of sp³-hybridized carbons (Fsp3) is 0.400. The Morgan fingerprint density at radius 3 is 2.42 bits per heavy atom. The van der Waals surface area contributed by atoms with Crippen molar-refractivity contribution in [3.8, 4) is 0 Å². The second-order valence-electron chi connectivity index (χ2n) is 6.14. The molecular formula is C15H18N4O4S. The second kappa shape index (κ2) is 7.00. The average Bonchev–Trinajstić information content (AvgIpc) is 3.01. The zero-order valence-electron chi connectivity index (χ0n) is 13.8.